The quantitative estimate of drug-likeness (QED) is 0.171. The lowest BCUT2D eigenvalue weighted by molar-refractivity contribution is 0.742. The predicted octanol–water partition coefficient (Wildman–Crippen LogP) is 14.8. The maximum Gasteiger partial charge on any atom is 0.0562 e. The Morgan fingerprint density at radius 3 is 1.86 bits per heavy atom. The molecule has 1 aliphatic carbocycles. The van der Waals surface area contributed by atoms with E-state index in [1.54, 1.807) is 0 Å². The largest absolute Gasteiger partial charge is 0.311 e. The minimum atomic E-state index is 0.760. The molecule has 1 aliphatic heterocycles. The van der Waals surface area contributed by atoms with Crippen molar-refractivity contribution in [3.8, 4) is 16.8 Å². The van der Waals surface area contributed by atoms with Crippen molar-refractivity contribution in [3.05, 3.63) is 211 Å². The number of nitrogens with zero attached hydrogens (tertiary/aromatic N) is 3. The summed E-state index contributed by atoms with van der Waals surface area (Å²) in [6, 6.07) is 59.9. The van der Waals surface area contributed by atoms with E-state index in [9.17, 15) is 0 Å². The van der Waals surface area contributed by atoms with Gasteiger partial charge in [0, 0.05) is 44.3 Å². The molecule has 9 aromatic rings. The van der Waals surface area contributed by atoms with Crippen LogP contribution in [-0.2, 0) is 6.42 Å². The molecule has 0 bridgehead atoms. The minimum Gasteiger partial charge on any atom is -0.311 e. The zero-order valence-electron chi connectivity index (χ0n) is 32.5. The molecule has 2 aliphatic rings. The summed E-state index contributed by atoms with van der Waals surface area (Å²) >= 11 is 0. The van der Waals surface area contributed by atoms with Gasteiger partial charge in [-0.2, -0.15) is 0 Å². The number of fused-ring (bicyclic) bond motifs is 7. The molecular formula is C55H43N3. The molecule has 58 heavy (non-hydrogen) atoms. The Morgan fingerprint density at radius 2 is 1.10 bits per heavy atom. The molecule has 278 valence electrons. The second-order valence-corrected chi connectivity index (χ2v) is 15.6. The van der Waals surface area contributed by atoms with Crippen molar-refractivity contribution < 1.29 is 0 Å². The fourth-order valence-corrected chi connectivity index (χ4v) is 9.54. The third-order valence-corrected chi connectivity index (χ3v) is 12.2. The Balaban J connectivity index is 1.09. The van der Waals surface area contributed by atoms with Crippen molar-refractivity contribution in [2.24, 2.45) is 0 Å². The Morgan fingerprint density at radius 1 is 0.466 bits per heavy atom. The Hall–Kier alpha value is -7.10. The summed E-state index contributed by atoms with van der Waals surface area (Å²) in [5, 5.41) is 4.99. The van der Waals surface area contributed by atoms with E-state index in [-0.39, 0.29) is 0 Å². The van der Waals surface area contributed by atoms with Gasteiger partial charge in [-0.3, -0.25) is 0 Å². The number of rotatable bonds is 5. The van der Waals surface area contributed by atoms with Crippen LogP contribution in [0.3, 0.4) is 0 Å². The van der Waals surface area contributed by atoms with Crippen LogP contribution in [0.25, 0.3) is 71.7 Å². The number of hydrogen-bond acceptors (Lipinski definition) is 1. The second-order valence-electron chi connectivity index (χ2n) is 15.6. The topological polar surface area (TPSA) is 13.1 Å². The Bertz CT molecular complexity index is 3110. The van der Waals surface area contributed by atoms with Gasteiger partial charge in [0.05, 0.1) is 27.8 Å². The van der Waals surface area contributed by atoms with Gasteiger partial charge in [-0.05, 0) is 127 Å². The first-order valence-electron chi connectivity index (χ1n) is 20.6. The van der Waals surface area contributed by atoms with E-state index < -0.39 is 0 Å². The summed E-state index contributed by atoms with van der Waals surface area (Å²) < 4.78 is 4.90. The number of para-hydroxylation sites is 4. The van der Waals surface area contributed by atoms with Crippen LogP contribution >= 0.6 is 0 Å². The zero-order valence-corrected chi connectivity index (χ0v) is 32.5. The van der Waals surface area contributed by atoms with Gasteiger partial charge in [0.2, 0.25) is 0 Å². The third-order valence-electron chi connectivity index (χ3n) is 12.2. The normalized spacial score (nSPS) is 16.1. The molecule has 3 heteroatoms. The highest BCUT2D eigenvalue weighted by Crippen LogP contribution is 2.43. The lowest BCUT2D eigenvalue weighted by Gasteiger charge is -2.29. The van der Waals surface area contributed by atoms with Crippen LogP contribution in [0.15, 0.2) is 200 Å². The molecule has 3 nitrogen and oxygen atoms in total. The number of hydrogen-bond donors (Lipinski definition) is 0. The van der Waals surface area contributed by atoms with Gasteiger partial charge in [0.25, 0.3) is 0 Å². The highest BCUT2D eigenvalue weighted by Gasteiger charge is 2.22. The summed E-state index contributed by atoms with van der Waals surface area (Å²) in [7, 11) is 0. The zero-order chi connectivity index (χ0) is 38.6. The fraction of sp³-hybridized carbons (Fsp3) is 0.0909. The van der Waals surface area contributed by atoms with Gasteiger partial charge in [-0.1, -0.05) is 128 Å². The number of benzene rings is 7. The summed E-state index contributed by atoms with van der Waals surface area (Å²) in [6.45, 7) is 4.79. The molecule has 7 aromatic carbocycles. The van der Waals surface area contributed by atoms with E-state index in [1.165, 1.54) is 90.0 Å². The van der Waals surface area contributed by atoms with Gasteiger partial charge in [-0.25, -0.2) is 0 Å². The lowest BCUT2D eigenvalue weighted by atomic mass is 9.91. The van der Waals surface area contributed by atoms with Gasteiger partial charge in [0.1, 0.15) is 0 Å². The molecule has 0 saturated heterocycles. The standard InChI is InChI=1S/C55H43N3/c1-38-31-33-44(34-32-41-21-8-12-25-49(41)56(38)45-36-42(39-17-4-2-5-18-39)35-43(37-45)40-19-6-3-7-20-40)57-52-28-15-11-24-48(52)55-53(57)29-16-30-54(55)58-50-26-13-9-22-46(50)47-23-10-14-27-51(47)58/h2,4-5,8-19,21-31,33-37H,1,3,6-7,20,32H2/b33-31-,44-34+. The van der Waals surface area contributed by atoms with E-state index >= 15 is 0 Å². The monoisotopic (exact) mass is 745 g/mol. The van der Waals surface area contributed by atoms with Crippen LogP contribution in [0.4, 0.5) is 11.4 Å². The van der Waals surface area contributed by atoms with Crippen molar-refractivity contribution in [2.75, 3.05) is 4.90 Å². The van der Waals surface area contributed by atoms with Crippen LogP contribution in [0.2, 0.25) is 0 Å². The average Bonchev–Trinajstić information content (AvgIpc) is 3.82. The van der Waals surface area contributed by atoms with E-state index in [4.69, 9.17) is 6.58 Å². The van der Waals surface area contributed by atoms with Crippen LogP contribution in [0, 0.1) is 0 Å². The molecular weight excluding hydrogens is 703 g/mol. The van der Waals surface area contributed by atoms with E-state index in [0.717, 1.165) is 42.0 Å². The first-order valence-corrected chi connectivity index (χ1v) is 20.6. The third kappa shape index (κ3) is 5.65. The molecule has 0 fully saturated rings. The fourth-order valence-electron chi connectivity index (χ4n) is 9.54. The van der Waals surface area contributed by atoms with Crippen LogP contribution < -0.4 is 4.90 Å². The van der Waals surface area contributed by atoms with Crippen LogP contribution in [-0.4, -0.2) is 9.13 Å². The second kappa shape index (κ2) is 14.1. The molecule has 2 aromatic heterocycles. The van der Waals surface area contributed by atoms with Crippen molar-refractivity contribution in [1.29, 1.82) is 0 Å². The molecule has 0 unspecified atom stereocenters. The predicted molar refractivity (Wildman–Crippen MR) is 247 cm³/mol. The van der Waals surface area contributed by atoms with Gasteiger partial charge in [-0.15, -0.1) is 0 Å². The van der Waals surface area contributed by atoms with Crippen molar-refractivity contribution in [1.82, 2.24) is 9.13 Å². The molecule has 0 N–H and O–H groups in total. The first kappa shape index (κ1) is 34.2. The highest BCUT2D eigenvalue weighted by molar-refractivity contribution is 6.17. The van der Waals surface area contributed by atoms with E-state index in [2.05, 4.69) is 202 Å². The lowest BCUT2D eigenvalue weighted by Crippen LogP contribution is -2.16. The smallest absolute Gasteiger partial charge is 0.0562 e. The van der Waals surface area contributed by atoms with E-state index in [0.29, 0.717) is 0 Å². The minimum absolute atomic E-state index is 0.760. The van der Waals surface area contributed by atoms with Gasteiger partial charge in [0.15, 0.2) is 0 Å². The molecule has 0 atom stereocenters. The maximum atomic E-state index is 4.79. The number of anilines is 2. The summed E-state index contributed by atoms with van der Waals surface area (Å²) in [5.74, 6) is 0. The average molecular weight is 746 g/mol. The van der Waals surface area contributed by atoms with Gasteiger partial charge < -0.3 is 14.0 Å². The van der Waals surface area contributed by atoms with Crippen molar-refractivity contribution >= 4 is 66.3 Å². The molecule has 0 saturated carbocycles. The summed E-state index contributed by atoms with van der Waals surface area (Å²) in [5.41, 5.74) is 16.7. The summed E-state index contributed by atoms with van der Waals surface area (Å²) in [6.07, 6.45) is 14.8. The number of allylic oxidation sites excluding steroid dienone is 6. The maximum absolute atomic E-state index is 4.79. The number of aromatic nitrogens is 2. The van der Waals surface area contributed by atoms with Crippen molar-refractivity contribution in [3.63, 3.8) is 0 Å². The SMILES string of the molecule is C=C1/C=C\C(n2c3ccccc3c3c(-n4c5ccccc5c5ccccc54)cccc32)=C/Cc2ccccc2N1c1cc(C2=CCCCC2)cc(-c2ccccc2)c1. The first-order chi connectivity index (χ1) is 28.7. The summed E-state index contributed by atoms with van der Waals surface area (Å²) in [4.78, 5) is 2.37. The molecule has 0 radical (unpaired) electrons. The van der Waals surface area contributed by atoms with Gasteiger partial charge >= 0.3 is 0 Å². The molecule has 0 amide bonds. The molecule has 11 rings (SSSR count). The molecule has 0 spiro atoms. The molecule has 3 heterocycles. The Kier molecular flexibility index (Phi) is 8.32. The highest BCUT2D eigenvalue weighted by atomic mass is 15.1. The van der Waals surface area contributed by atoms with Crippen LogP contribution in [0.5, 0.6) is 0 Å². The Labute approximate surface area is 339 Å². The van der Waals surface area contributed by atoms with E-state index in [1.807, 2.05) is 0 Å². The van der Waals surface area contributed by atoms with Crippen LogP contribution in [0.1, 0.15) is 36.8 Å². The van der Waals surface area contributed by atoms with Crippen molar-refractivity contribution in [2.45, 2.75) is 32.1 Å².